The molecule has 2 nitrogen and oxygen atoms in total. The minimum atomic E-state index is -4.53. The molecule has 0 spiro atoms. The summed E-state index contributed by atoms with van der Waals surface area (Å²) < 4.78 is 33.1. The van der Waals surface area contributed by atoms with Gasteiger partial charge in [0.25, 0.3) is 0 Å². The molecule has 0 unspecified atom stereocenters. The first-order valence-electron chi connectivity index (χ1n) is 1.84. The Bertz CT molecular complexity index is 151. The molecule has 0 bridgehead atoms. The van der Waals surface area contributed by atoms with E-state index in [1.807, 2.05) is 0 Å². The van der Waals surface area contributed by atoms with Crippen molar-refractivity contribution in [2.45, 2.75) is 6.18 Å². The molecule has 1 amide bonds. The topological polar surface area (TPSA) is 29.1 Å². The third kappa shape index (κ3) is 6.82. The summed E-state index contributed by atoms with van der Waals surface area (Å²) in [6.07, 6.45) is -4.46. The van der Waals surface area contributed by atoms with Gasteiger partial charge in [0.15, 0.2) is 0 Å². The van der Waals surface area contributed by atoms with Crippen molar-refractivity contribution in [1.29, 1.82) is 0 Å². The van der Waals surface area contributed by atoms with Gasteiger partial charge in [0.1, 0.15) is 0 Å². The van der Waals surface area contributed by atoms with Gasteiger partial charge >= 0.3 is 6.18 Å². The monoisotopic (exact) mass is 137 g/mol. The van der Waals surface area contributed by atoms with Crippen LogP contribution in [0.5, 0.6) is 0 Å². The summed E-state index contributed by atoms with van der Waals surface area (Å²) in [6.45, 7) is 0. The average Bonchev–Trinajstić information content (AvgIpc) is 1.63. The molecule has 0 saturated carbocycles. The highest BCUT2D eigenvalue weighted by molar-refractivity contribution is 5.49. The highest BCUT2D eigenvalue weighted by Crippen LogP contribution is 2.11. The molecule has 0 heterocycles. The molecule has 0 rings (SSSR count). The van der Waals surface area contributed by atoms with Gasteiger partial charge in [-0.3, -0.25) is 10.1 Å². The van der Waals surface area contributed by atoms with E-state index in [-0.39, 0.29) is 6.41 Å². The smallest absolute Gasteiger partial charge is 0.287 e. The minimum absolute atomic E-state index is 0.0682. The molecule has 0 aromatic rings. The first kappa shape index (κ1) is 7.82. The summed E-state index contributed by atoms with van der Waals surface area (Å²) in [4.78, 5) is 9.31. The largest absolute Gasteiger partial charge is 0.459 e. The van der Waals surface area contributed by atoms with Crippen molar-refractivity contribution in [2.24, 2.45) is 0 Å². The number of carbonyl (C=O) groups is 1. The molecule has 5 heteroatoms. The van der Waals surface area contributed by atoms with Gasteiger partial charge in [0.2, 0.25) is 6.41 Å². The van der Waals surface area contributed by atoms with Crippen LogP contribution >= 0.6 is 0 Å². The van der Waals surface area contributed by atoms with Gasteiger partial charge in [-0.2, -0.15) is 13.2 Å². The SMILES string of the molecule is O=CNC#CC(F)(F)F. The van der Waals surface area contributed by atoms with E-state index in [1.165, 1.54) is 6.04 Å². The number of amides is 1. The standard InChI is InChI=1S/C4H2F3NO/c5-4(6,7)1-2-8-3-9/h3H,(H,8,9). The molecule has 0 aliphatic heterocycles. The first-order valence-corrected chi connectivity index (χ1v) is 1.84. The van der Waals surface area contributed by atoms with Gasteiger partial charge in [-0.15, -0.1) is 0 Å². The quantitative estimate of drug-likeness (QED) is 0.313. The van der Waals surface area contributed by atoms with Crippen LogP contribution in [0, 0.1) is 12.0 Å². The fraction of sp³-hybridized carbons (Fsp3) is 0.250. The first-order chi connectivity index (χ1) is 4.06. The van der Waals surface area contributed by atoms with Crippen molar-refractivity contribution in [3.05, 3.63) is 0 Å². The van der Waals surface area contributed by atoms with Crippen LogP contribution < -0.4 is 5.32 Å². The van der Waals surface area contributed by atoms with Gasteiger partial charge in [0, 0.05) is 12.0 Å². The van der Waals surface area contributed by atoms with Gasteiger partial charge in [0.05, 0.1) is 0 Å². The Morgan fingerprint density at radius 1 is 1.44 bits per heavy atom. The number of hydrogen-bond donors (Lipinski definition) is 1. The van der Waals surface area contributed by atoms with E-state index in [4.69, 9.17) is 0 Å². The molecule has 0 atom stereocenters. The van der Waals surface area contributed by atoms with Crippen LogP contribution in [0.25, 0.3) is 0 Å². The lowest BCUT2D eigenvalue weighted by Crippen LogP contribution is -2.06. The zero-order chi connectivity index (χ0) is 7.33. The average molecular weight is 137 g/mol. The molecule has 1 N–H and O–H groups in total. The molecule has 0 fully saturated rings. The lowest BCUT2D eigenvalue weighted by atomic mass is 10.7. The molecule has 9 heavy (non-hydrogen) atoms. The van der Waals surface area contributed by atoms with Crippen LogP contribution in [-0.2, 0) is 4.79 Å². The summed E-state index contributed by atoms with van der Waals surface area (Å²) in [5.41, 5.74) is 0. The third-order valence-electron chi connectivity index (χ3n) is 0.335. The number of carbonyl (C=O) groups excluding carboxylic acids is 1. The Kier molecular flexibility index (Phi) is 2.58. The summed E-state index contributed by atoms with van der Waals surface area (Å²) in [5.74, 6) is 0.830. The van der Waals surface area contributed by atoms with Crippen LogP contribution in [0.3, 0.4) is 0 Å². The maximum absolute atomic E-state index is 11.0. The second-order valence-corrected chi connectivity index (χ2v) is 1.01. The normalized spacial score (nSPS) is 9.22. The lowest BCUT2D eigenvalue weighted by molar-refractivity contribution is -0.108. The van der Waals surface area contributed by atoms with Crippen LogP contribution in [0.2, 0.25) is 0 Å². The molecule has 0 aromatic heterocycles. The second kappa shape index (κ2) is 2.97. The van der Waals surface area contributed by atoms with Crippen LogP contribution in [0.1, 0.15) is 0 Å². The van der Waals surface area contributed by atoms with E-state index in [0.717, 1.165) is 5.92 Å². The molecule has 0 aliphatic rings. The predicted octanol–water partition coefficient (Wildman–Crippen LogP) is 0.256. The highest BCUT2D eigenvalue weighted by Gasteiger charge is 2.22. The van der Waals surface area contributed by atoms with E-state index in [2.05, 4.69) is 0 Å². The molecule has 50 valence electrons. The van der Waals surface area contributed by atoms with Crippen LogP contribution in [0.4, 0.5) is 13.2 Å². The summed E-state index contributed by atoms with van der Waals surface area (Å²) >= 11 is 0. The molecule has 0 aromatic carbocycles. The van der Waals surface area contributed by atoms with Crippen LogP contribution in [0.15, 0.2) is 0 Å². The highest BCUT2D eigenvalue weighted by atomic mass is 19.4. The maximum atomic E-state index is 11.0. The summed E-state index contributed by atoms with van der Waals surface area (Å²) in [5, 5.41) is 1.54. The number of halogens is 3. The second-order valence-electron chi connectivity index (χ2n) is 1.01. The van der Waals surface area contributed by atoms with Gasteiger partial charge < -0.3 is 0 Å². The summed E-state index contributed by atoms with van der Waals surface area (Å²) in [6, 6.07) is 1.38. The molecule has 0 radical (unpaired) electrons. The Hall–Kier alpha value is -1.18. The zero-order valence-corrected chi connectivity index (χ0v) is 4.12. The molecular formula is C4H2F3NO. The van der Waals surface area contributed by atoms with Gasteiger partial charge in [-0.25, -0.2) is 0 Å². The predicted molar refractivity (Wildman–Crippen MR) is 23.0 cm³/mol. The van der Waals surface area contributed by atoms with Crippen molar-refractivity contribution in [2.75, 3.05) is 0 Å². The molecule has 0 aliphatic carbocycles. The Labute approximate surface area is 49.0 Å². The fourth-order valence-electron chi connectivity index (χ4n) is 0.136. The minimum Gasteiger partial charge on any atom is -0.287 e. The van der Waals surface area contributed by atoms with E-state index >= 15 is 0 Å². The van der Waals surface area contributed by atoms with E-state index in [1.54, 1.807) is 5.32 Å². The van der Waals surface area contributed by atoms with Gasteiger partial charge in [-0.05, 0) is 0 Å². The lowest BCUT2D eigenvalue weighted by Gasteiger charge is -1.90. The van der Waals surface area contributed by atoms with Crippen molar-refractivity contribution in [3.8, 4) is 12.0 Å². The van der Waals surface area contributed by atoms with E-state index in [9.17, 15) is 18.0 Å². The molecular weight excluding hydrogens is 135 g/mol. The van der Waals surface area contributed by atoms with E-state index in [0.29, 0.717) is 0 Å². The Balaban J connectivity index is 3.72. The van der Waals surface area contributed by atoms with E-state index < -0.39 is 6.18 Å². The zero-order valence-electron chi connectivity index (χ0n) is 4.12. The number of nitrogens with one attached hydrogen (secondary N) is 1. The number of alkyl halides is 3. The van der Waals surface area contributed by atoms with Crippen molar-refractivity contribution < 1.29 is 18.0 Å². The maximum Gasteiger partial charge on any atom is 0.459 e. The number of rotatable bonds is 1. The van der Waals surface area contributed by atoms with Gasteiger partial charge in [-0.1, -0.05) is 0 Å². The summed E-state index contributed by atoms with van der Waals surface area (Å²) in [7, 11) is 0. The Morgan fingerprint density at radius 2 is 2.00 bits per heavy atom. The van der Waals surface area contributed by atoms with Crippen molar-refractivity contribution in [1.82, 2.24) is 5.32 Å². The van der Waals surface area contributed by atoms with Crippen molar-refractivity contribution >= 4 is 6.41 Å². The third-order valence-corrected chi connectivity index (χ3v) is 0.335. The fourth-order valence-corrected chi connectivity index (χ4v) is 0.136. The number of hydrogen-bond acceptors (Lipinski definition) is 1. The van der Waals surface area contributed by atoms with Crippen LogP contribution in [-0.4, -0.2) is 12.6 Å². The van der Waals surface area contributed by atoms with Crippen molar-refractivity contribution in [3.63, 3.8) is 0 Å². The Morgan fingerprint density at radius 3 is 2.33 bits per heavy atom. The molecule has 0 saturated heterocycles.